The molecular formula is C32H26Cl4N2O5S. The predicted octanol–water partition coefficient (Wildman–Crippen LogP) is 7.39. The largest absolute Gasteiger partial charge is 0.494 e. The van der Waals surface area contributed by atoms with Gasteiger partial charge in [-0.25, -0.2) is 9.79 Å². The summed E-state index contributed by atoms with van der Waals surface area (Å²) in [6.07, 6.45) is 1.65. The number of nitrogens with zero attached hydrogens (tertiary/aromatic N) is 2. The fourth-order valence-corrected chi connectivity index (χ4v) is 6.85. The lowest BCUT2D eigenvalue weighted by molar-refractivity contribution is -0.139. The van der Waals surface area contributed by atoms with E-state index in [2.05, 4.69) is 4.99 Å². The number of esters is 1. The monoisotopic (exact) mass is 690 g/mol. The Hall–Kier alpha value is -3.27. The molecule has 2 heterocycles. The lowest BCUT2D eigenvalue weighted by Crippen LogP contribution is -2.39. The fraction of sp³-hybridized carbons (Fsp3) is 0.219. The second-order valence-corrected chi connectivity index (χ2v) is 12.3. The van der Waals surface area contributed by atoms with Gasteiger partial charge in [0, 0.05) is 26.2 Å². The third-order valence-corrected chi connectivity index (χ3v) is 8.80. The maximum atomic E-state index is 14.1. The van der Waals surface area contributed by atoms with Crippen LogP contribution in [0.4, 0.5) is 0 Å². The van der Waals surface area contributed by atoms with Gasteiger partial charge in [0.05, 0.1) is 40.1 Å². The van der Waals surface area contributed by atoms with Crippen molar-refractivity contribution >= 4 is 69.8 Å². The second-order valence-electron chi connectivity index (χ2n) is 9.63. The van der Waals surface area contributed by atoms with E-state index in [-0.39, 0.29) is 29.4 Å². The van der Waals surface area contributed by atoms with Crippen molar-refractivity contribution in [1.29, 1.82) is 0 Å². The summed E-state index contributed by atoms with van der Waals surface area (Å²) in [5.74, 6) is 0.451. The van der Waals surface area contributed by atoms with Gasteiger partial charge in [-0.1, -0.05) is 75.9 Å². The van der Waals surface area contributed by atoms with E-state index >= 15 is 0 Å². The fourth-order valence-electron chi connectivity index (χ4n) is 4.79. The molecular weight excluding hydrogens is 666 g/mol. The molecule has 44 heavy (non-hydrogen) atoms. The maximum Gasteiger partial charge on any atom is 0.338 e. The Morgan fingerprint density at radius 1 is 0.955 bits per heavy atom. The van der Waals surface area contributed by atoms with E-state index in [4.69, 9.17) is 60.6 Å². The van der Waals surface area contributed by atoms with Crippen LogP contribution in [0.5, 0.6) is 11.5 Å². The summed E-state index contributed by atoms with van der Waals surface area (Å²) in [5, 5.41) is 1.57. The number of carbonyl (C=O) groups excluding carboxylic acids is 1. The van der Waals surface area contributed by atoms with Crippen molar-refractivity contribution < 1.29 is 19.0 Å². The summed E-state index contributed by atoms with van der Waals surface area (Å²) in [6, 6.07) is 14.8. The zero-order valence-electron chi connectivity index (χ0n) is 23.8. The first-order valence-corrected chi connectivity index (χ1v) is 15.9. The number of allylic oxidation sites excluding steroid dienone is 1. The zero-order valence-corrected chi connectivity index (χ0v) is 27.7. The Kier molecular flexibility index (Phi) is 10.1. The quantitative estimate of drug-likeness (QED) is 0.171. The lowest BCUT2D eigenvalue weighted by atomic mass is 9.96. The van der Waals surface area contributed by atoms with E-state index < -0.39 is 12.0 Å². The van der Waals surface area contributed by atoms with Crippen LogP contribution in [0, 0.1) is 0 Å². The highest BCUT2D eigenvalue weighted by atomic mass is 35.5. The van der Waals surface area contributed by atoms with Gasteiger partial charge in [0.15, 0.2) is 4.80 Å². The first kappa shape index (κ1) is 32.1. The molecule has 4 aromatic rings. The van der Waals surface area contributed by atoms with Crippen LogP contribution < -0.4 is 24.4 Å². The van der Waals surface area contributed by atoms with Gasteiger partial charge in [-0.05, 0) is 68.8 Å². The molecule has 0 radical (unpaired) electrons. The molecule has 0 fully saturated rings. The first-order valence-electron chi connectivity index (χ1n) is 13.6. The molecule has 0 saturated heterocycles. The number of benzene rings is 3. The van der Waals surface area contributed by atoms with Crippen LogP contribution in [0.2, 0.25) is 20.1 Å². The third-order valence-electron chi connectivity index (χ3n) is 6.73. The predicted molar refractivity (Wildman–Crippen MR) is 175 cm³/mol. The van der Waals surface area contributed by atoms with Crippen molar-refractivity contribution in [3.8, 4) is 11.5 Å². The van der Waals surface area contributed by atoms with E-state index in [1.54, 1.807) is 62.4 Å². The summed E-state index contributed by atoms with van der Waals surface area (Å²) in [4.78, 5) is 32.3. The summed E-state index contributed by atoms with van der Waals surface area (Å²) in [5.41, 5.74) is 2.27. The molecule has 7 nitrogen and oxygen atoms in total. The minimum Gasteiger partial charge on any atom is -0.494 e. The number of carbonyl (C=O) groups is 1. The minimum atomic E-state index is -0.770. The molecule has 1 aromatic heterocycles. The van der Waals surface area contributed by atoms with Gasteiger partial charge in [-0.3, -0.25) is 9.36 Å². The van der Waals surface area contributed by atoms with Crippen LogP contribution in [-0.4, -0.2) is 23.8 Å². The van der Waals surface area contributed by atoms with Crippen molar-refractivity contribution in [2.75, 3.05) is 13.2 Å². The van der Waals surface area contributed by atoms with Crippen molar-refractivity contribution in [3.63, 3.8) is 0 Å². The molecule has 5 rings (SSSR count). The molecule has 1 aliphatic rings. The highest BCUT2D eigenvalue weighted by Gasteiger charge is 2.33. The Bertz CT molecular complexity index is 1950. The molecule has 1 atom stereocenters. The number of hydrogen-bond donors (Lipinski definition) is 0. The Balaban J connectivity index is 1.63. The van der Waals surface area contributed by atoms with Crippen molar-refractivity contribution in [3.05, 3.63) is 122 Å². The standard InChI is InChI=1S/C32H26Cl4N2O5S/c1-4-41-23-10-7-18(8-11-23)28-27(31(40)42-5-2)17(3)37-32-38(28)30(39)26(44-32)13-20-12-22(34)15-25(36)29(20)43-16-19-6-9-21(33)14-24(19)35/h6-15,28H,4-5,16H2,1-3H3/b26-13-/t28-/m1/s1. The van der Waals surface area contributed by atoms with Gasteiger partial charge < -0.3 is 14.2 Å². The topological polar surface area (TPSA) is 79.1 Å². The molecule has 228 valence electrons. The van der Waals surface area contributed by atoms with Crippen molar-refractivity contribution in [1.82, 2.24) is 4.57 Å². The summed E-state index contributed by atoms with van der Waals surface area (Å²) < 4.78 is 18.9. The van der Waals surface area contributed by atoms with Crippen LogP contribution in [-0.2, 0) is 16.1 Å². The van der Waals surface area contributed by atoms with Crippen LogP contribution in [0.3, 0.4) is 0 Å². The molecule has 0 amide bonds. The van der Waals surface area contributed by atoms with Crippen LogP contribution >= 0.6 is 57.7 Å². The Morgan fingerprint density at radius 2 is 1.68 bits per heavy atom. The van der Waals surface area contributed by atoms with Gasteiger partial charge >= 0.3 is 5.97 Å². The van der Waals surface area contributed by atoms with E-state index in [1.165, 1.54) is 15.9 Å². The highest BCUT2D eigenvalue weighted by molar-refractivity contribution is 7.07. The van der Waals surface area contributed by atoms with E-state index in [1.807, 2.05) is 19.1 Å². The average Bonchev–Trinajstić information content (AvgIpc) is 3.27. The number of ether oxygens (including phenoxy) is 3. The average molecular weight is 692 g/mol. The Labute approximate surface area is 277 Å². The molecule has 1 aliphatic heterocycles. The SMILES string of the molecule is CCOC(=O)C1=C(C)N=c2s/c(=C\c3cc(Cl)cc(Cl)c3OCc3ccc(Cl)cc3Cl)c(=O)n2[C@@H]1c1ccc(OCC)cc1. The summed E-state index contributed by atoms with van der Waals surface area (Å²) in [6.45, 7) is 6.14. The summed E-state index contributed by atoms with van der Waals surface area (Å²) >= 11 is 26.5. The van der Waals surface area contributed by atoms with Gasteiger partial charge in [0.2, 0.25) is 0 Å². The van der Waals surface area contributed by atoms with Crippen molar-refractivity contribution in [2.24, 2.45) is 4.99 Å². The number of fused-ring (bicyclic) bond motifs is 1. The number of hydrogen-bond acceptors (Lipinski definition) is 7. The molecule has 0 saturated carbocycles. The molecule has 0 N–H and O–H groups in total. The molecule has 0 unspecified atom stereocenters. The van der Waals surface area contributed by atoms with Gasteiger partial charge in [-0.2, -0.15) is 0 Å². The smallest absolute Gasteiger partial charge is 0.338 e. The van der Waals surface area contributed by atoms with Crippen LogP contribution in [0.25, 0.3) is 6.08 Å². The maximum absolute atomic E-state index is 14.1. The van der Waals surface area contributed by atoms with Gasteiger partial charge in [-0.15, -0.1) is 0 Å². The van der Waals surface area contributed by atoms with Crippen LogP contribution in [0.1, 0.15) is 43.5 Å². The Morgan fingerprint density at radius 3 is 2.36 bits per heavy atom. The minimum absolute atomic E-state index is 0.0965. The first-order chi connectivity index (χ1) is 21.1. The molecule has 0 spiro atoms. The third kappa shape index (κ3) is 6.70. The number of rotatable bonds is 9. The molecule has 0 bridgehead atoms. The van der Waals surface area contributed by atoms with Crippen LogP contribution in [0.15, 0.2) is 75.7 Å². The number of halogens is 4. The lowest BCUT2D eigenvalue weighted by Gasteiger charge is -2.24. The highest BCUT2D eigenvalue weighted by Crippen LogP contribution is 2.35. The van der Waals surface area contributed by atoms with E-state index in [9.17, 15) is 9.59 Å². The van der Waals surface area contributed by atoms with Gasteiger partial charge in [0.25, 0.3) is 5.56 Å². The molecule has 3 aromatic carbocycles. The number of aromatic nitrogens is 1. The summed E-state index contributed by atoms with van der Waals surface area (Å²) in [7, 11) is 0. The van der Waals surface area contributed by atoms with E-state index in [0.717, 1.165) is 0 Å². The normalized spacial score (nSPS) is 14.7. The molecule has 0 aliphatic carbocycles. The van der Waals surface area contributed by atoms with Crippen molar-refractivity contribution in [2.45, 2.75) is 33.4 Å². The number of thiazole rings is 1. The van der Waals surface area contributed by atoms with Gasteiger partial charge in [0.1, 0.15) is 18.1 Å². The molecule has 12 heteroatoms. The zero-order chi connectivity index (χ0) is 31.5. The second kappa shape index (κ2) is 13.8. The van der Waals surface area contributed by atoms with E-state index in [0.29, 0.717) is 64.9 Å².